The van der Waals surface area contributed by atoms with E-state index >= 15 is 0 Å². The molecule has 14 heavy (non-hydrogen) atoms. The van der Waals surface area contributed by atoms with Gasteiger partial charge in [0.25, 0.3) is 0 Å². The van der Waals surface area contributed by atoms with Crippen molar-refractivity contribution in [2.75, 3.05) is 19.8 Å². The van der Waals surface area contributed by atoms with Gasteiger partial charge in [-0.25, -0.2) is 0 Å². The molecule has 1 aliphatic heterocycles. The van der Waals surface area contributed by atoms with Gasteiger partial charge < -0.3 is 15.2 Å². The van der Waals surface area contributed by atoms with Gasteiger partial charge in [-0.1, -0.05) is 17.7 Å². The van der Waals surface area contributed by atoms with E-state index in [1.54, 1.807) is 12.1 Å². The minimum absolute atomic E-state index is 0.122. The number of phenols is 1. The van der Waals surface area contributed by atoms with Crippen LogP contribution in [-0.2, 0) is 4.74 Å². The van der Waals surface area contributed by atoms with Gasteiger partial charge in [0.15, 0.2) is 0 Å². The molecule has 4 heteroatoms. The molecule has 2 N–H and O–H groups in total. The maximum Gasteiger partial charge on any atom is 0.134 e. The van der Waals surface area contributed by atoms with Gasteiger partial charge in [-0.3, -0.25) is 0 Å². The van der Waals surface area contributed by atoms with Crippen LogP contribution in [0, 0.1) is 0 Å². The zero-order valence-electron chi connectivity index (χ0n) is 7.66. The van der Waals surface area contributed by atoms with E-state index in [9.17, 15) is 5.11 Å². The van der Waals surface area contributed by atoms with Crippen molar-refractivity contribution < 1.29 is 9.84 Å². The van der Waals surface area contributed by atoms with Gasteiger partial charge in [0.05, 0.1) is 24.3 Å². The molecule has 0 spiro atoms. The minimum atomic E-state index is 0.122. The first-order chi connectivity index (χ1) is 6.77. The Labute approximate surface area is 87.6 Å². The first-order valence-corrected chi connectivity index (χ1v) is 4.95. The summed E-state index contributed by atoms with van der Waals surface area (Å²) in [6.07, 6.45) is 0. The molecular weight excluding hydrogens is 202 g/mol. The first kappa shape index (κ1) is 9.77. The van der Waals surface area contributed by atoms with Crippen LogP contribution < -0.4 is 5.32 Å². The van der Waals surface area contributed by atoms with Gasteiger partial charge >= 0.3 is 0 Å². The van der Waals surface area contributed by atoms with E-state index < -0.39 is 0 Å². The minimum Gasteiger partial charge on any atom is -0.506 e. The number of rotatable bonds is 1. The molecule has 1 aromatic carbocycles. The third kappa shape index (κ3) is 2.00. The summed E-state index contributed by atoms with van der Waals surface area (Å²) in [7, 11) is 0. The quantitative estimate of drug-likeness (QED) is 0.746. The van der Waals surface area contributed by atoms with Crippen molar-refractivity contribution in [2.45, 2.75) is 6.04 Å². The second-order valence-corrected chi connectivity index (χ2v) is 3.70. The lowest BCUT2D eigenvalue weighted by atomic mass is 10.1. The lowest BCUT2D eigenvalue weighted by Gasteiger charge is -2.24. The fourth-order valence-electron chi connectivity index (χ4n) is 1.53. The summed E-state index contributed by atoms with van der Waals surface area (Å²) >= 11 is 5.72. The highest BCUT2D eigenvalue weighted by Crippen LogP contribution is 2.27. The molecule has 1 aliphatic rings. The zero-order valence-corrected chi connectivity index (χ0v) is 8.42. The summed E-state index contributed by atoms with van der Waals surface area (Å²) < 4.78 is 5.33. The number of hydrogen-bond donors (Lipinski definition) is 2. The Hall–Kier alpha value is -0.770. The van der Waals surface area contributed by atoms with E-state index in [1.165, 1.54) is 0 Å². The van der Waals surface area contributed by atoms with Gasteiger partial charge in [0.2, 0.25) is 0 Å². The average molecular weight is 214 g/mol. The molecule has 1 unspecified atom stereocenters. The van der Waals surface area contributed by atoms with Crippen LogP contribution in [0.15, 0.2) is 18.2 Å². The van der Waals surface area contributed by atoms with Crippen molar-refractivity contribution in [3.63, 3.8) is 0 Å². The molecule has 1 atom stereocenters. The van der Waals surface area contributed by atoms with E-state index in [0.29, 0.717) is 11.6 Å². The van der Waals surface area contributed by atoms with Gasteiger partial charge in [-0.05, 0) is 17.7 Å². The van der Waals surface area contributed by atoms with Gasteiger partial charge in [-0.2, -0.15) is 0 Å². The highest BCUT2D eigenvalue weighted by Gasteiger charge is 2.15. The largest absolute Gasteiger partial charge is 0.506 e. The summed E-state index contributed by atoms with van der Waals surface area (Å²) in [6, 6.07) is 5.43. The number of phenolic OH excluding ortho intramolecular Hbond substituents is 1. The maximum atomic E-state index is 9.43. The fraction of sp³-hybridized carbons (Fsp3) is 0.400. The number of hydrogen-bond acceptors (Lipinski definition) is 3. The Balaban J connectivity index is 2.18. The predicted molar refractivity (Wildman–Crippen MR) is 54.7 cm³/mol. The Bertz CT molecular complexity index is 324. The highest BCUT2D eigenvalue weighted by molar-refractivity contribution is 6.32. The molecule has 0 saturated carbocycles. The Morgan fingerprint density at radius 2 is 2.36 bits per heavy atom. The van der Waals surface area contributed by atoms with E-state index in [0.717, 1.165) is 18.7 Å². The van der Waals surface area contributed by atoms with Crippen molar-refractivity contribution >= 4 is 11.6 Å². The van der Waals surface area contributed by atoms with Gasteiger partial charge in [0, 0.05) is 6.54 Å². The molecule has 1 heterocycles. The molecule has 0 aromatic heterocycles. The molecule has 76 valence electrons. The molecule has 1 saturated heterocycles. The van der Waals surface area contributed by atoms with E-state index in [-0.39, 0.29) is 11.8 Å². The van der Waals surface area contributed by atoms with E-state index in [1.807, 2.05) is 6.07 Å². The molecule has 0 radical (unpaired) electrons. The van der Waals surface area contributed by atoms with Gasteiger partial charge in [0.1, 0.15) is 5.75 Å². The van der Waals surface area contributed by atoms with Crippen LogP contribution >= 0.6 is 11.6 Å². The van der Waals surface area contributed by atoms with E-state index in [4.69, 9.17) is 16.3 Å². The lowest BCUT2D eigenvalue weighted by molar-refractivity contribution is 0.0768. The predicted octanol–water partition coefficient (Wildman–Crippen LogP) is 1.71. The molecule has 0 bridgehead atoms. The molecule has 0 amide bonds. The van der Waals surface area contributed by atoms with Crippen LogP contribution in [0.3, 0.4) is 0 Å². The second-order valence-electron chi connectivity index (χ2n) is 3.29. The number of morpholine rings is 1. The third-order valence-corrected chi connectivity index (χ3v) is 2.61. The monoisotopic (exact) mass is 213 g/mol. The average Bonchev–Trinajstić information content (AvgIpc) is 2.23. The Kier molecular flexibility index (Phi) is 2.91. The molecule has 1 aromatic rings. The van der Waals surface area contributed by atoms with Crippen LogP contribution in [0.4, 0.5) is 0 Å². The number of benzene rings is 1. The van der Waals surface area contributed by atoms with Crippen molar-refractivity contribution in [1.82, 2.24) is 5.32 Å². The summed E-state index contributed by atoms with van der Waals surface area (Å²) in [5.41, 5.74) is 1.01. The molecule has 1 fully saturated rings. The normalized spacial score (nSPS) is 22.2. The number of halogens is 1. The second kappa shape index (κ2) is 4.17. The Morgan fingerprint density at radius 3 is 3.00 bits per heavy atom. The third-order valence-electron chi connectivity index (χ3n) is 2.29. The Morgan fingerprint density at radius 1 is 1.50 bits per heavy atom. The molecule has 3 nitrogen and oxygen atoms in total. The van der Waals surface area contributed by atoms with Crippen molar-refractivity contribution in [3.05, 3.63) is 28.8 Å². The number of nitrogens with one attached hydrogen (secondary N) is 1. The number of aromatic hydroxyl groups is 1. The topological polar surface area (TPSA) is 41.5 Å². The maximum absolute atomic E-state index is 9.43. The van der Waals surface area contributed by atoms with Crippen LogP contribution in [0.5, 0.6) is 5.75 Å². The highest BCUT2D eigenvalue weighted by atomic mass is 35.5. The van der Waals surface area contributed by atoms with Crippen LogP contribution in [0.25, 0.3) is 0 Å². The number of ether oxygens (including phenoxy) is 1. The van der Waals surface area contributed by atoms with Crippen molar-refractivity contribution in [3.8, 4) is 5.75 Å². The molecular formula is C10H12ClNO2. The van der Waals surface area contributed by atoms with Crippen LogP contribution in [0.2, 0.25) is 5.02 Å². The zero-order chi connectivity index (χ0) is 9.97. The molecule has 0 aliphatic carbocycles. The van der Waals surface area contributed by atoms with Crippen molar-refractivity contribution in [1.29, 1.82) is 0 Å². The summed E-state index contributed by atoms with van der Waals surface area (Å²) in [4.78, 5) is 0. The first-order valence-electron chi connectivity index (χ1n) is 4.57. The lowest BCUT2D eigenvalue weighted by Crippen LogP contribution is -2.34. The van der Waals surface area contributed by atoms with Gasteiger partial charge in [-0.15, -0.1) is 0 Å². The fourth-order valence-corrected chi connectivity index (χ4v) is 1.64. The van der Waals surface area contributed by atoms with E-state index in [2.05, 4.69) is 5.32 Å². The standard InChI is InChI=1S/C10H12ClNO2/c11-8-2-1-7(5-10(8)13)9-6-14-4-3-12-9/h1-2,5,9,12-13H,3-4,6H2. The summed E-state index contributed by atoms with van der Waals surface area (Å²) in [5.74, 6) is 0.122. The molecule has 2 rings (SSSR count). The summed E-state index contributed by atoms with van der Waals surface area (Å²) in [5, 5.41) is 13.1. The van der Waals surface area contributed by atoms with Crippen LogP contribution in [0.1, 0.15) is 11.6 Å². The summed E-state index contributed by atoms with van der Waals surface area (Å²) in [6.45, 7) is 2.23. The van der Waals surface area contributed by atoms with Crippen molar-refractivity contribution in [2.24, 2.45) is 0 Å². The van der Waals surface area contributed by atoms with Crippen LogP contribution in [-0.4, -0.2) is 24.9 Å². The SMILES string of the molecule is Oc1cc(C2COCCN2)ccc1Cl. The smallest absolute Gasteiger partial charge is 0.134 e.